The second kappa shape index (κ2) is 9.32. The van der Waals surface area contributed by atoms with E-state index in [9.17, 15) is 4.79 Å². The minimum atomic E-state index is -0.0927. The van der Waals surface area contributed by atoms with Gasteiger partial charge in [-0.1, -0.05) is 12.1 Å². The smallest absolute Gasteiger partial charge is 0.230 e. The Kier molecular flexibility index (Phi) is 6.59. The molecule has 0 unspecified atom stereocenters. The van der Waals surface area contributed by atoms with Crippen LogP contribution in [-0.2, 0) is 22.5 Å². The first-order valence-electron chi connectivity index (χ1n) is 9.20. The van der Waals surface area contributed by atoms with E-state index in [1.807, 2.05) is 43.3 Å². The van der Waals surface area contributed by atoms with Crippen molar-refractivity contribution in [1.29, 1.82) is 0 Å². The number of nitrogens with zero attached hydrogens (tertiary/aromatic N) is 5. The van der Waals surface area contributed by atoms with Gasteiger partial charge in [-0.15, -0.1) is 0 Å². The van der Waals surface area contributed by atoms with E-state index in [0.717, 1.165) is 24.4 Å². The van der Waals surface area contributed by atoms with Crippen molar-refractivity contribution in [3.8, 4) is 5.75 Å². The Balaban J connectivity index is 1.64. The van der Waals surface area contributed by atoms with Gasteiger partial charge in [0.05, 0.1) is 33.3 Å². The number of carbonyl (C=O) groups excluding carboxylic acids is 1. The fourth-order valence-corrected chi connectivity index (χ4v) is 2.75. The Bertz CT molecular complexity index is 791. The van der Waals surface area contributed by atoms with Gasteiger partial charge in [-0.05, 0) is 17.7 Å². The van der Waals surface area contributed by atoms with Crippen molar-refractivity contribution in [3.63, 3.8) is 0 Å². The van der Waals surface area contributed by atoms with E-state index < -0.39 is 0 Å². The number of anilines is 2. The normalized spacial score (nSPS) is 13.9. The predicted molar refractivity (Wildman–Crippen MR) is 106 cm³/mol. The summed E-state index contributed by atoms with van der Waals surface area (Å²) < 4.78 is 10.5. The molecule has 28 heavy (non-hydrogen) atoms. The average Bonchev–Trinajstić information content (AvgIpc) is 2.73. The summed E-state index contributed by atoms with van der Waals surface area (Å²) in [6.45, 7) is 3.02. The maximum Gasteiger partial charge on any atom is 0.230 e. The lowest BCUT2D eigenvalue weighted by Crippen LogP contribution is -2.38. The molecule has 2 heterocycles. The molecule has 3 rings (SSSR count). The number of methoxy groups -OCH3 is 1. The average molecular weight is 386 g/mol. The van der Waals surface area contributed by atoms with E-state index in [1.165, 1.54) is 0 Å². The highest BCUT2D eigenvalue weighted by Gasteiger charge is 2.17. The second-order valence-corrected chi connectivity index (χ2v) is 6.65. The molecule has 0 spiro atoms. The number of hydrogen-bond acceptors (Lipinski definition) is 8. The van der Waals surface area contributed by atoms with Crippen LogP contribution in [0.3, 0.4) is 0 Å². The molecule has 1 aliphatic rings. The van der Waals surface area contributed by atoms with Gasteiger partial charge in [-0.2, -0.15) is 15.0 Å². The van der Waals surface area contributed by atoms with E-state index >= 15 is 0 Å². The van der Waals surface area contributed by atoms with Gasteiger partial charge in [0.2, 0.25) is 17.8 Å². The fraction of sp³-hybridized carbons (Fsp3) is 0.474. The predicted octanol–water partition coefficient (Wildman–Crippen LogP) is 0.642. The van der Waals surface area contributed by atoms with E-state index in [-0.39, 0.29) is 18.9 Å². The summed E-state index contributed by atoms with van der Waals surface area (Å²) in [6, 6.07) is 7.43. The molecule has 9 nitrogen and oxygen atoms in total. The van der Waals surface area contributed by atoms with E-state index in [4.69, 9.17) is 9.47 Å². The van der Waals surface area contributed by atoms with Crippen LogP contribution in [0.5, 0.6) is 5.75 Å². The molecule has 0 bridgehead atoms. The molecule has 1 fully saturated rings. The van der Waals surface area contributed by atoms with Crippen molar-refractivity contribution >= 4 is 17.8 Å². The molecule has 9 heteroatoms. The van der Waals surface area contributed by atoms with Crippen molar-refractivity contribution in [1.82, 2.24) is 20.3 Å². The second-order valence-electron chi connectivity index (χ2n) is 6.65. The number of amides is 1. The zero-order valence-corrected chi connectivity index (χ0v) is 16.5. The van der Waals surface area contributed by atoms with Gasteiger partial charge in [0.15, 0.2) is 5.82 Å². The van der Waals surface area contributed by atoms with Gasteiger partial charge in [-0.3, -0.25) is 4.79 Å². The Morgan fingerprint density at radius 1 is 1.18 bits per heavy atom. The molecule has 1 aromatic carbocycles. The molecule has 0 radical (unpaired) electrons. The first-order chi connectivity index (χ1) is 13.5. The van der Waals surface area contributed by atoms with Crippen LogP contribution in [0.4, 0.5) is 11.9 Å². The number of carbonyl (C=O) groups is 1. The number of benzene rings is 1. The van der Waals surface area contributed by atoms with Crippen molar-refractivity contribution in [2.75, 3.05) is 57.3 Å². The van der Waals surface area contributed by atoms with E-state index in [2.05, 4.69) is 25.2 Å². The highest BCUT2D eigenvalue weighted by Crippen LogP contribution is 2.15. The van der Waals surface area contributed by atoms with Gasteiger partial charge in [0.25, 0.3) is 0 Å². The topological polar surface area (TPSA) is 92.7 Å². The summed E-state index contributed by atoms with van der Waals surface area (Å²) in [5.41, 5.74) is 0.914. The zero-order valence-electron chi connectivity index (χ0n) is 16.5. The largest absolute Gasteiger partial charge is 0.497 e. The molecule has 1 saturated heterocycles. The minimum absolute atomic E-state index is 0.0927. The monoisotopic (exact) mass is 386 g/mol. The van der Waals surface area contributed by atoms with Gasteiger partial charge in [0.1, 0.15) is 5.75 Å². The number of nitrogens with one attached hydrogen (secondary N) is 1. The summed E-state index contributed by atoms with van der Waals surface area (Å²) in [5.74, 6) is 2.38. The molecule has 0 atom stereocenters. The van der Waals surface area contributed by atoms with Gasteiger partial charge < -0.3 is 24.6 Å². The summed E-state index contributed by atoms with van der Waals surface area (Å²) in [6.07, 6.45) is 0.284. The molecular weight excluding hydrogens is 360 g/mol. The summed E-state index contributed by atoms with van der Waals surface area (Å²) >= 11 is 0. The SMILES string of the molecule is COc1ccc(CC(=O)NCc2nc(N(C)C)nc(N3CCOCC3)n2)cc1. The van der Waals surface area contributed by atoms with Crippen LogP contribution in [0.15, 0.2) is 24.3 Å². The summed E-state index contributed by atoms with van der Waals surface area (Å²) in [7, 11) is 5.37. The van der Waals surface area contributed by atoms with Crippen molar-refractivity contribution in [2.24, 2.45) is 0 Å². The van der Waals surface area contributed by atoms with E-state index in [0.29, 0.717) is 30.9 Å². The molecular formula is C19H26N6O3. The van der Waals surface area contributed by atoms with Crippen LogP contribution in [0.25, 0.3) is 0 Å². The molecule has 2 aromatic rings. The number of hydrogen-bond donors (Lipinski definition) is 1. The molecule has 0 aliphatic carbocycles. The first kappa shape index (κ1) is 19.8. The third kappa shape index (κ3) is 5.29. The Labute approximate surface area is 164 Å². The third-order valence-electron chi connectivity index (χ3n) is 4.32. The Hall–Kier alpha value is -2.94. The summed E-state index contributed by atoms with van der Waals surface area (Å²) in [4.78, 5) is 29.7. The van der Waals surface area contributed by atoms with Gasteiger partial charge >= 0.3 is 0 Å². The number of ether oxygens (including phenoxy) is 2. The van der Waals surface area contributed by atoms with Crippen LogP contribution in [-0.4, -0.2) is 68.4 Å². The fourth-order valence-electron chi connectivity index (χ4n) is 2.75. The van der Waals surface area contributed by atoms with Crippen molar-refractivity contribution in [2.45, 2.75) is 13.0 Å². The maximum absolute atomic E-state index is 12.3. The maximum atomic E-state index is 12.3. The first-order valence-corrected chi connectivity index (χ1v) is 9.20. The van der Waals surface area contributed by atoms with E-state index in [1.54, 1.807) is 7.11 Å². The lowest BCUT2D eigenvalue weighted by atomic mass is 10.1. The standard InChI is InChI=1S/C19H26N6O3/c1-24(2)18-21-16(22-19(23-18)25-8-10-28-11-9-25)13-20-17(26)12-14-4-6-15(27-3)7-5-14/h4-7H,8-13H2,1-3H3,(H,20,26). The quantitative estimate of drug-likeness (QED) is 0.741. The van der Waals surface area contributed by atoms with Crippen molar-refractivity contribution in [3.05, 3.63) is 35.7 Å². The molecule has 1 aliphatic heterocycles. The van der Waals surface area contributed by atoms with Crippen LogP contribution in [0, 0.1) is 0 Å². The molecule has 1 aromatic heterocycles. The lowest BCUT2D eigenvalue weighted by Gasteiger charge is -2.27. The zero-order chi connectivity index (χ0) is 19.9. The molecule has 0 saturated carbocycles. The van der Waals surface area contributed by atoms with Crippen molar-refractivity contribution < 1.29 is 14.3 Å². The highest BCUT2D eigenvalue weighted by atomic mass is 16.5. The van der Waals surface area contributed by atoms with Crippen LogP contribution >= 0.6 is 0 Å². The Morgan fingerprint density at radius 3 is 2.54 bits per heavy atom. The number of rotatable bonds is 7. The number of aromatic nitrogens is 3. The van der Waals surface area contributed by atoms with Crippen LogP contribution < -0.4 is 19.9 Å². The van der Waals surface area contributed by atoms with Gasteiger partial charge in [0, 0.05) is 27.2 Å². The van der Waals surface area contributed by atoms with Crippen LogP contribution in [0.2, 0.25) is 0 Å². The third-order valence-corrected chi connectivity index (χ3v) is 4.32. The highest BCUT2D eigenvalue weighted by molar-refractivity contribution is 5.78. The van der Waals surface area contributed by atoms with Crippen LogP contribution in [0.1, 0.15) is 11.4 Å². The molecule has 150 valence electrons. The Morgan fingerprint density at radius 2 is 1.89 bits per heavy atom. The lowest BCUT2D eigenvalue weighted by molar-refractivity contribution is -0.120. The number of morpholine rings is 1. The van der Waals surface area contributed by atoms with Gasteiger partial charge in [-0.25, -0.2) is 0 Å². The molecule has 1 amide bonds. The molecule has 1 N–H and O–H groups in total. The minimum Gasteiger partial charge on any atom is -0.497 e. The summed E-state index contributed by atoms with van der Waals surface area (Å²) in [5, 5.41) is 2.89.